The molecule has 0 aromatic heterocycles. The molecule has 1 aromatic carbocycles. The van der Waals surface area contributed by atoms with E-state index in [-0.39, 0.29) is 11.1 Å². The van der Waals surface area contributed by atoms with E-state index in [9.17, 15) is 14.4 Å². The van der Waals surface area contributed by atoms with Crippen molar-refractivity contribution in [1.82, 2.24) is 0 Å². The minimum atomic E-state index is -1.27. The van der Waals surface area contributed by atoms with Gasteiger partial charge in [-0.3, -0.25) is 14.4 Å². The zero-order valence-corrected chi connectivity index (χ0v) is 8.02. The molecule has 4 nitrogen and oxygen atoms in total. The molecule has 0 spiro atoms. The zero-order chi connectivity index (χ0) is 11.0. The Hall–Kier alpha value is -1.81. The van der Waals surface area contributed by atoms with Crippen molar-refractivity contribution in [3.63, 3.8) is 0 Å². The van der Waals surface area contributed by atoms with Gasteiger partial charge in [0.05, 0.1) is 0 Å². The van der Waals surface area contributed by atoms with Crippen LogP contribution in [0.2, 0.25) is 0 Å². The molecule has 0 fully saturated rings. The monoisotopic (exact) mass is 204 g/mol. The smallest absolute Gasteiger partial charge is 0.239 e. The predicted molar refractivity (Wildman–Crippen MR) is 50.9 cm³/mol. The van der Waals surface area contributed by atoms with Crippen LogP contribution in [0.15, 0.2) is 24.3 Å². The molecular formula is C11H8O4. The number of ether oxygens (including phenoxy) is 1. The SMILES string of the molecule is CO[C@@H]1C(=O)C(=O)c2ccccc2C1=O. The molecule has 0 saturated carbocycles. The largest absolute Gasteiger partial charge is 0.365 e. The summed E-state index contributed by atoms with van der Waals surface area (Å²) in [5, 5.41) is 0. The van der Waals surface area contributed by atoms with Crippen molar-refractivity contribution in [3.8, 4) is 0 Å². The van der Waals surface area contributed by atoms with Crippen molar-refractivity contribution in [1.29, 1.82) is 0 Å². The Morgan fingerprint density at radius 2 is 1.60 bits per heavy atom. The number of fused-ring (bicyclic) bond motifs is 1. The Bertz CT molecular complexity index is 461. The van der Waals surface area contributed by atoms with Crippen molar-refractivity contribution in [2.75, 3.05) is 7.11 Å². The lowest BCUT2D eigenvalue weighted by Crippen LogP contribution is -2.42. The van der Waals surface area contributed by atoms with E-state index in [2.05, 4.69) is 0 Å². The van der Waals surface area contributed by atoms with E-state index in [1.165, 1.54) is 19.2 Å². The lowest BCUT2D eigenvalue weighted by molar-refractivity contribution is -0.122. The number of rotatable bonds is 1. The van der Waals surface area contributed by atoms with Crippen LogP contribution >= 0.6 is 0 Å². The third-order valence-corrected chi connectivity index (χ3v) is 2.37. The molecule has 1 aliphatic carbocycles. The normalized spacial score (nSPS) is 20.3. The van der Waals surface area contributed by atoms with E-state index in [0.29, 0.717) is 0 Å². The number of benzene rings is 1. The summed E-state index contributed by atoms with van der Waals surface area (Å²) in [6.07, 6.45) is -1.27. The molecular weight excluding hydrogens is 196 g/mol. The van der Waals surface area contributed by atoms with Crippen LogP contribution in [0.4, 0.5) is 0 Å². The second-order valence-electron chi connectivity index (χ2n) is 3.22. The number of ketones is 3. The summed E-state index contributed by atoms with van der Waals surface area (Å²) < 4.78 is 4.72. The van der Waals surface area contributed by atoms with Crippen LogP contribution in [0.1, 0.15) is 20.7 Å². The Kier molecular flexibility index (Phi) is 2.21. The minimum Gasteiger partial charge on any atom is -0.365 e. The van der Waals surface area contributed by atoms with E-state index in [1.54, 1.807) is 12.1 Å². The average Bonchev–Trinajstić information content (AvgIpc) is 2.27. The highest BCUT2D eigenvalue weighted by Crippen LogP contribution is 2.20. The van der Waals surface area contributed by atoms with Gasteiger partial charge in [-0.15, -0.1) is 0 Å². The standard InChI is InChI=1S/C11H8O4/c1-15-11-9(13)7-5-3-2-4-6(7)8(12)10(11)14/h2-5,11H,1H3/t11-/m0/s1. The van der Waals surface area contributed by atoms with E-state index in [1.807, 2.05) is 0 Å². The van der Waals surface area contributed by atoms with Crippen LogP contribution in [0.25, 0.3) is 0 Å². The summed E-state index contributed by atoms with van der Waals surface area (Å²) in [6, 6.07) is 6.25. The maximum absolute atomic E-state index is 11.7. The van der Waals surface area contributed by atoms with Crippen molar-refractivity contribution in [3.05, 3.63) is 35.4 Å². The molecule has 0 radical (unpaired) electrons. The molecule has 0 saturated heterocycles. The van der Waals surface area contributed by atoms with Crippen LogP contribution in [0, 0.1) is 0 Å². The fraction of sp³-hybridized carbons (Fsp3) is 0.182. The van der Waals surface area contributed by atoms with Gasteiger partial charge in [-0.2, -0.15) is 0 Å². The lowest BCUT2D eigenvalue weighted by Gasteiger charge is -2.19. The molecule has 0 heterocycles. The van der Waals surface area contributed by atoms with Crippen LogP contribution in [0.5, 0.6) is 0 Å². The zero-order valence-electron chi connectivity index (χ0n) is 8.02. The quantitative estimate of drug-likeness (QED) is 0.497. The minimum absolute atomic E-state index is 0.167. The Morgan fingerprint density at radius 3 is 2.20 bits per heavy atom. The summed E-state index contributed by atoms with van der Waals surface area (Å²) in [5.41, 5.74) is 0.426. The van der Waals surface area contributed by atoms with Crippen LogP contribution in [-0.4, -0.2) is 30.6 Å². The number of methoxy groups -OCH3 is 1. The average molecular weight is 204 g/mol. The van der Waals surface area contributed by atoms with Crippen molar-refractivity contribution < 1.29 is 19.1 Å². The molecule has 76 valence electrons. The highest BCUT2D eigenvalue weighted by Gasteiger charge is 2.40. The summed E-state index contributed by atoms with van der Waals surface area (Å²) in [4.78, 5) is 34.7. The Labute approximate surface area is 85.8 Å². The lowest BCUT2D eigenvalue weighted by atomic mass is 9.87. The molecule has 1 aromatic rings. The van der Waals surface area contributed by atoms with Crippen molar-refractivity contribution in [2.45, 2.75) is 6.10 Å². The first kappa shape index (κ1) is 9.73. The summed E-state index contributed by atoms with van der Waals surface area (Å²) in [7, 11) is 1.24. The first-order valence-electron chi connectivity index (χ1n) is 4.41. The highest BCUT2D eigenvalue weighted by molar-refractivity contribution is 6.53. The van der Waals surface area contributed by atoms with Gasteiger partial charge >= 0.3 is 0 Å². The molecule has 2 rings (SSSR count). The van der Waals surface area contributed by atoms with Gasteiger partial charge < -0.3 is 4.74 Å². The van der Waals surface area contributed by atoms with Gasteiger partial charge in [-0.05, 0) is 0 Å². The van der Waals surface area contributed by atoms with Gasteiger partial charge in [0.15, 0.2) is 11.9 Å². The molecule has 0 amide bonds. The van der Waals surface area contributed by atoms with E-state index in [0.717, 1.165) is 0 Å². The maximum Gasteiger partial charge on any atom is 0.239 e. The summed E-state index contributed by atoms with van der Waals surface area (Å²) in [6.45, 7) is 0. The Morgan fingerprint density at radius 1 is 1.00 bits per heavy atom. The van der Waals surface area contributed by atoms with Crippen molar-refractivity contribution in [2.24, 2.45) is 0 Å². The van der Waals surface area contributed by atoms with Crippen LogP contribution < -0.4 is 0 Å². The first-order chi connectivity index (χ1) is 7.16. The maximum atomic E-state index is 11.7. The molecule has 4 heteroatoms. The topological polar surface area (TPSA) is 60.4 Å². The summed E-state index contributed by atoms with van der Waals surface area (Å²) >= 11 is 0. The molecule has 0 bridgehead atoms. The van der Waals surface area contributed by atoms with E-state index < -0.39 is 23.5 Å². The van der Waals surface area contributed by atoms with Gasteiger partial charge in [0.1, 0.15) is 0 Å². The molecule has 0 unspecified atom stereocenters. The summed E-state index contributed by atoms with van der Waals surface area (Å²) in [5.74, 6) is -1.89. The van der Waals surface area contributed by atoms with Gasteiger partial charge in [0.2, 0.25) is 11.6 Å². The van der Waals surface area contributed by atoms with Gasteiger partial charge in [-0.1, -0.05) is 24.3 Å². The van der Waals surface area contributed by atoms with Crippen LogP contribution in [-0.2, 0) is 9.53 Å². The fourth-order valence-electron chi connectivity index (χ4n) is 1.62. The molecule has 1 atom stereocenters. The molecule has 15 heavy (non-hydrogen) atoms. The van der Waals surface area contributed by atoms with Gasteiger partial charge in [0, 0.05) is 18.2 Å². The second kappa shape index (κ2) is 3.40. The van der Waals surface area contributed by atoms with E-state index in [4.69, 9.17) is 4.74 Å². The van der Waals surface area contributed by atoms with Gasteiger partial charge in [-0.25, -0.2) is 0 Å². The predicted octanol–water partition coefficient (Wildman–Crippen LogP) is 0.650. The third-order valence-electron chi connectivity index (χ3n) is 2.37. The third kappa shape index (κ3) is 1.30. The van der Waals surface area contributed by atoms with Crippen LogP contribution in [0.3, 0.4) is 0 Å². The number of carbonyl (C=O) groups excluding carboxylic acids is 3. The number of hydrogen-bond donors (Lipinski definition) is 0. The molecule has 0 aliphatic heterocycles. The van der Waals surface area contributed by atoms with Gasteiger partial charge in [0.25, 0.3) is 0 Å². The molecule has 0 N–H and O–H groups in total. The van der Waals surface area contributed by atoms with Crippen molar-refractivity contribution >= 4 is 17.3 Å². The molecule has 1 aliphatic rings. The first-order valence-corrected chi connectivity index (χ1v) is 4.41. The number of Topliss-reactive ketones (excluding diaryl/α,β-unsaturated/α-hetero) is 3. The second-order valence-corrected chi connectivity index (χ2v) is 3.22. The Balaban J connectivity index is 2.62. The number of hydrogen-bond acceptors (Lipinski definition) is 4. The highest BCUT2D eigenvalue weighted by atomic mass is 16.5. The fourth-order valence-corrected chi connectivity index (χ4v) is 1.62. The number of carbonyl (C=O) groups is 3. The van der Waals surface area contributed by atoms with E-state index >= 15 is 0 Å².